The highest BCUT2D eigenvalue weighted by molar-refractivity contribution is 7.99. The lowest BCUT2D eigenvalue weighted by molar-refractivity contribution is -0.133. The Kier molecular flexibility index (Phi) is 3.28. The van der Waals surface area contributed by atoms with Crippen molar-refractivity contribution >= 4 is 17.7 Å². The van der Waals surface area contributed by atoms with Crippen LogP contribution in [-0.4, -0.2) is 36.7 Å². The Morgan fingerprint density at radius 1 is 1.65 bits per heavy atom. The quantitative estimate of drug-likeness (QED) is 0.711. The van der Waals surface area contributed by atoms with Gasteiger partial charge in [-0.15, -0.1) is 5.10 Å². The number of hydrogen-bond acceptors (Lipinski definition) is 6. The Bertz CT molecular complexity index is 558. The predicted octanol–water partition coefficient (Wildman–Crippen LogP) is -0.216. The second kappa shape index (κ2) is 4.87. The lowest BCUT2D eigenvalue weighted by Gasteiger charge is -2.00. The van der Waals surface area contributed by atoms with Crippen LogP contribution < -0.4 is 5.69 Å². The van der Waals surface area contributed by atoms with Crippen molar-refractivity contribution in [2.24, 2.45) is 0 Å². The highest BCUT2D eigenvalue weighted by atomic mass is 32.2. The van der Waals surface area contributed by atoms with Gasteiger partial charge in [0.15, 0.2) is 10.9 Å². The third kappa shape index (κ3) is 2.75. The van der Waals surface area contributed by atoms with Crippen LogP contribution in [0.25, 0.3) is 0 Å². The van der Waals surface area contributed by atoms with E-state index in [0.717, 1.165) is 11.8 Å². The number of aromatic nitrogens is 4. The van der Waals surface area contributed by atoms with Crippen LogP contribution in [0.3, 0.4) is 0 Å². The van der Waals surface area contributed by atoms with Gasteiger partial charge >= 0.3 is 11.7 Å². The number of H-pyrrole nitrogens is 1. The molecule has 0 fully saturated rings. The second-order valence-electron chi connectivity index (χ2n) is 3.06. The summed E-state index contributed by atoms with van der Waals surface area (Å²) in [5.74, 6) is -0.650. The number of nitrogens with one attached hydrogen (secondary N) is 1. The Morgan fingerprint density at radius 2 is 2.47 bits per heavy atom. The number of carboxylic acids is 1. The molecule has 0 unspecified atom stereocenters. The Morgan fingerprint density at radius 3 is 3.12 bits per heavy atom. The Balaban J connectivity index is 2.17. The summed E-state index contributed by atoms with van der Waals surface area (Å²) in [6.07, 6.45) is 1.46. The van der Waals surface area contributed by atoms with E-state index < -0.39 is 11.7 Å². The summed E-state index contributed by atoms with van der Waals surface area (Å²) in [6.45, 7) is 0.164. The molecule has 0 radical (unpaired) electrons. The number of carbonyl (C=O) groups is 1. The smallest absolute Gasteiger partial charge is 0.344 e. The number of thioether (sulfide) groups is 1. The molecule has 0 saturated heterocycles. The minimum absolute atomic E-state index is 0.164. The molecule has 2 rings (SSSR count). The van der Waals surface area contributed by atoms with Gasteiger partial charge in [-0.3, -0.25) is 9.36 Å². The van der Waals surface area contributed by atoms with Crippen molar-refractivity contribution in [2.45, 2.75) is 11.7 Å². The molecule has 0 amide bonds. The van der Waals surface area contributed by atoms with Crippen molar-refractivity contribution in [1.29, 1.82) is 0 Å². The van der Waals surface area contributed by atoms with Gasteiger partial charge in [-0.1, -0.05) is 16.9 Å². The molecule has 90 valence electrons. The first-order chi connectivity index (χ1) is 8.16. The van der Waals surface area contributed by atoms with Gasteiger partial charge < -0.3 is 9.63 Å². The molecular weight excluding hydrogens is 248 g/mol. The van der Waals surface area contributed by atoms with Gasteiger partial charge in [0.2, 0.25) is 0 Å². The largest absolute Gasteiger partial charge is 0.481 e. The minimum atomic E-state index is -0.975. The van der Waals surface area contributed by atoms with Gasteiger partial charge in [0, 0.05) is 6.07 Å². The number of hydrogen-bond donors (Lipinski definition) is 2. The monoisotopic (exact) mass is 256 g/mol. The van der Waals surface area contributed by atoms with Gasteiger partial charge in [0.25, 0.3) is 0 Å². The summed E-state index contributed by atoms with van der Waals surface area (Å²) in [5, 5.41) is 18.4. The van der Waals surface area contributed by atoms with Crippen molar-refractivity contribution in [3.05, 3.63) is 28.5 Å². The standard InChI is InChI=1S/C8H8N4O4S/c13-6(14)4-17-8-11-10-7(15)12(8)3-5-1-2-9-16-5/h1-2H,3-4H2,(H,10,15)(H,13,14). The molecule has 0 aliphatic carbocycles. The van der Waals surface area contributed by atoms with E-state index in [1.807, 2.05) is 0 Å². The van der Waals surface area contributed by atoms with Crippen LogP contribution in [0.2, 0.25) is 0 Å². The summed E-state index contributed by atoms with van der Waals surface area (Å²) >= 11 is 0.957. The number of nitrogens with zero attached hydrogens (tertiary/aromatic N) is 3. The average molecular weight is 256 g/mol. The van der Waals surface area contributed by atoms with Crippen LogP contribution in [0.5, 0.6) is 0 Å². The molecular formula is C8H8N4O4S. The molecule has 0 spiro atoms. The molecule has 0 aromatic carbocycles. The van der Waals surface area contributed by atoms with Gasteiger partial charge in [-0.25, -0.2) is 9.89 Å². The topological polar surface area (TPSA) is 114 Å². The molecule has 0 aliphatic rings. The molecule has 2 aromatic heterocycles. The van der Waals surface area contributed by atoms with Crippen LogP contribution in [0, 0.1) is 0 Å². The van der Waals surface area contributed by atoms with Crippen molar-refractivity contribution < 1.29 is 14.4 Å². The van der Waals surface area contributed by atoms with Gasteiger partial charge in [0.05, 0.1) is 18.5 Å². The maximum Gasteiger partial charge on any atom is 0.344 e. The molecule has 17 heavy (non-hydrogen) atoms. The normalized spacial score (nSPS) is 10.6. The Labute approximate surface area is 98.6 Å². The molecule has 0 aliphatic heterocycles. The SMILES string of the molecule is O=C(O)CSc1n[nH]c(=O)n1Cc1ccno1. The molecule has 0 bridgehead atoms. The number of aliphatic carboxylic acids is 1. The summed E-state index contributed by atoms with van der Waals surface area (Å²) in [5.41, 5.74) is -0.422. The fourth-order valence-electron chi connectivity index (χ4n) is 1.16. The summed E-state index contributed by atoms with van der Waals surface area (Å²) in [7, 11) is 0. The zero-order chi connectivity index (χ0) is 12.3. The molecule has 0 saturated carbocycles. The predicted molar refractivity (Wildman–Crippen MR) is 56.8 cm³/mol. The van der Waals surface area contributed by atoms with E-state index in [1.165, 1.54) is 10.8 Å². The first-order valence-electron chi connectivity index (χ1n) is 4.56. The lowest BCUT2D eigenvalue weighted by Crippen LogP contribution is -2.18. The first-order valence-corrected chi connectivity index (χ1v) is 5.54. The molecule has 9 heteroatoms. The third-order valence-corrected chi connectivity index (χ3v) is 2.81. The summed E-state index contributed by atoms with van der Waals surface area (Å²) < 4.78 is 6.15. The number of rotatable bonds is 5. The molecule has 2 N–H and O–H groups in total. The Hall–Kier alpha value is -2.03. The zero-order valence-electron chi connectivity index (χ0n) is 8.49. The van der Waals surface area contributed by atoms with Crippen LogP contribution >= 0.6 is 11.8 Å². The zero-order valence-corrected chi connectivity index (χ0v) is 9.31. The molecule has 2 heterocycles. The van der Waals surface area contributed by atoms with Crippen LogP contribution in [0.4, 0.5) is 0 Å². The van der Waals surface area contributed by atoms with Crippen molar-refractivity contribution in [3.8, 4) is 0 Å². The van der Waals surface area contributed by atoms with E-state index in [0.29, 0.717) is 10.9 Å². The summed E-state index contributed by atoms with van der Waals surface area (Å²) in [6, 6.07) is 1.62. The van der Waals surface area contributed by atoms with E-state index in [9.17, 15) is 9.59 Å². The van der Waals surface area contributed by atoms with Crippen molar-refractivity contribution in [1.82, 2.24) is 19.9 Å². The molecule has 2 aromatic rings. The first kappa shape index (κ1) is 11.5. The van der Waals surface area contributed by atoms with E-state index >= 15 is 0 Å². The third-order valence-electron chi connectivity index (χ3n) is 1.85. The van der Waals surface area contributed by atoms with E-state index in [2.05, 4.69) is 15.4 Å². The van der Waals surface area contributed by atoms with Crippen LogP contribution in [0.1, 0.15) is 5.76 Å². The molecule has 8 nitrogen and oxygen atoms in total. The maximum atomic E-state index is 11.4. The van der Waals surface area contributed by atoms with Gasteiger partial charge in [-0.2, -0.15) is 0 Å². The van der Waals surface area contributed by atoms with Crippen LogP contribution in [0.15, 0.2) is 26.7 Å². The summed E-state index contributed by atoms with van der Waals surface area (Å²) in [4.78, 5) is 21.9. The number of aromatic amines is 1. The fraction of sp³-hybridized carbons (Fsp3) is 0.250. The van der Waals surface area contributed by atoms with Gasteiger partial charge in [0.1, 0.15) is 0 Å². The fourth-order valence-corrected chi connectivity index (χ4v) is 1.82. The molecule has 0 atom stereocenters. The van der Waals surface area contributed by atoms with Gasteiger partial charge in [-0.05, 0) is 0 Å². The highest BCUT2D eigenvalue weighted by Gasteiger charge is 2.12. The van der Waals surface area contributed by atoms with Crippen LogP contribution in [-0.2, 0) is 11.3 Å². The van der Waals surface area contributed by atoms with Crippen molar-refractivity contribution in [2.75, 3.05) is 5.75 Å². The van der Waals surface area contributed by atoms with E-state index in [4.69, 9.17) is 9.63 Å². The van der Waals surface area contributed by atoms with Crippen molar-refractivity contribution in [3.63, 3.8) is 0 Å². The minimum Gasteiger partial charge on any atom is -0.481 e. The maximum absolute atomic E-state index is 11.4. The lowest BCUT2D eigenvalue weighted by atomic mass is 10.4. The second-order valence-corrected chi connectivity index (χ2v) is 4.00. The average Bonchev–Trinajstić information content (AvgIpc) is 2.89. The highest BCUT2D eigenvalue weighted by Crippen LogP contribution is 2.13. The van der Waals surface area contributed by atoms with E-state index in [-0.39, 0.29) is 12.3 Å². The number of carboxylic acid groups (broad SMARTS) is 1. The van der Waals surface area contributed by atoms with E-state index in [1.54, 1.807) is 6.07 Å².